The highest BCUT2D eigenvalue weighted by Crippen LogP contribution is 2.30. The van der Waals surface area contributed by atoms with Gasteiger partial charge in [-0.1, -0.05) is 6.07 Å². The van der Waals surface area contributed by atoms with Crippen LogP contribution >= 0.6 is 0 Å². The minimum absolute atomic E-state index is 0.254. The van der Waals surface area contributed by atoms with Crippen molar-refractivity contribution in [3.63, 3.8) is 0 Å². The van der Waals surface area contributed by atoms with E-state index < -0.39 is 0 Å². The molecule has 0 spiro atoms. The van der Waals surface area contributed by atoms with Crippen molar-refractivity contribution in [2.24, 2.45) is 5.73 Å². The van der Waals surface area contributed by atoms with Gasteiger partial charge in [-0.05, 0) is 31.0 Å². The molecule has 0 aliphatic carbocycles. The number of nitrogens with two attached hydrogens (primary N) is 1. The lowest BCUT2D eigenvalue weighted by atomic mass is 10.0. The molecule has 2 heterocycles. The van der Waals surface area contributed by atoms with E-state index in [9.17, 15) is 0 Å². The van der Waals surface area contributed by atoms with E-state index in [0.29, 0.717) is 12.5 Å². The standard InChI is InChI=1S/C13H17N3O/c1-8-10(4-5-17-8)13-15-11-3-2-9(7-14)6-12(11)16-13/h2-3,6,8,10H,4-5,7,14H2,1H3,(H,15,16). The van der Waals surface area contributed by atoms with E-state index in [-0.39, 0.29) is 6.10 Å². The van der Waals surface area contributed by atoms with Crippen LogP contribution in [0.15, 0.2) is 18.2 Å². The molecule has 2 atom stereocenters. The SMILES string of the molecule is CC1OCCC1c1nc2ccc(CN)cc2[nH]1. The Morgan fingerprint density at radius 1 is 1.53 bits per heavy atom. The van der Waals surface area contributed by atoms with Crippen molar-refractivity contribution >= 4 is 11.0 Å². The molecule has 90 valence electrons. The van der Waals surface area contributed by atoms with Crippen LogP contribution in [0.3, 0.4) is 0 Å². The molecule has 17 heavy (non-hydrogen) atoms. The fraction of sp³-hybridized carbons (Fsp3) is 0.462. The minimum atomic E-state index is 0.254. The molecule has 1 aliphatic heterocycles. The molecule has 1 fully saturated rings. The second-order valence-corrected chi connectivity index (χ2v) is 4.65. The summed E-state index contributed by atoms with van der Waals surface area (Å²) in [4.78, 5) is 8.04. The summed E-state index contributed by atoms with van der Waals surface area (Å²) in [6, 6.07) is 6.13. The molecule has 1 aliphatic rings. The summed E-state index contributed by atoms with van der Waals surface area (Å²) in [5, 5.41) is 0. The average Bonchev–Trinajstić information content (AvgIpc) is 2.93. The zero-order chi connectivity index (χ0) is 11.8. The minimum Gasteiger partial charge on any atom is -0.378 e. The summed E-state index contributed by atoms with van der Waals surface area (Å²) < 4.78 is 5.58. The maximum atomic E-state index is 5.64. The van der Waals surface area contributed by atoms with Crippen molar-refractivity contribution in [1.82, 2.24) is 9.97 Å². The third-order valence-electron chi connectivity index (χ3n) is 3.53. The number of fused-ring (bicyclic) bond motifs is 1. The first-order valence-electron chi connectivity index (χ1n) is 6.08. The summed E-state index contributed by atoms with van der Waals surface area (Å²) in [7, 11) is 0. The van der Waals surface area contributed by atoms with Gasteiger partial charge in [-0.15, -0.1) is 0 Å². The number of nitrogens with zero attached hydrogens (tertiary/aromatic N) is 1. The molecule has 0 radical (unpaired) electrons. The second kappa shape index (κ2) is 4.13. The van der Waals surface area contributed by atoms with E-state index in [2.05, 4.69) is 23.0 Å². The van der Waals surface area contributed by atoms with Gasteiger partial charge in [0.1, 0.15) is 5.82 Å². The van der Waals surface area contributed by atoms with E-state index in [1.807, 2.05) is 12.1 Å². The number of hydrogen-bond donors (Lipinski definition) is 2. The van der Waals surface area contributed by atoms with Crippen LogP contribution in [0.1, 0.15) is 30.7 Å². The van der Waals surface area contributed by atoms with E-state index in [1.54, 1.807) is 0 Å². The molecule has 1 saturated heterocycles. The van der Waals surface area contributed by atoms with Gasteiger partial charge in [0, 0.05) is 19.1 Å². The van der Waals surface area contributed by atoms with Crippen molar-refractivity contribution in [3.8, 4) is 0 Å². The van der Waals surface area contributed by atoms with Crippen molar-refractivity contribution in [2.75, 3.05) is 6.61 Å². The molecule has 2 aromatic rings. The monoisotopic (exact) mass is 231 g/mol. The number of hydrogen-bond acceptors (Lipinski definition) is 3. The molecule has 3 rings (SSSR count). The van der Waals surface area contributed by atoms with Gasteiger partial charge in [0.2, 0.25) is 0 Å². The van der Waals surface area contributed by atoms with Crippen molar-refractivity contribution in [2.45, 2.75) is 31.9 Å². The Morgan fingerprint density at radius 3 is 3.12 bits per heavy atom. The molecule has 1 aromatic heterocycles. The van der Waals surface area contributed by atoms with E-state index in [1.165, 1.54) is 0 Å². The highest BCUT2D eigenvalue weighted by molar-refractivity contribution is 5.76. The number of H-pyrrole nitrogens is 1. The van der Waals surface area contributed by atoms with Gasteiger partial charge >= 0.3 is 0 Å². The fourth-order valence-corrected chi connectivity index (χ4v) is 2.47. The Hall–Kier alpha value is -1.39. The second-order valence-electron chi connectivity index (χ2n) is 4.65. The lowest BCUT2D eigenvalue weighted by Crippen LogP contribution is -2.10. The first-order valence-corrected chi connectivity index (χ1v) is 6.08. The predicted molar refractivity (Wildman–Crippen MR) is 66.8 cm³/mol. The summed E-state index contributed by atoms with van der Waals surface area (Å²) >= 11 is 0. The summed E-state index contributed by atoms with van der Waals surface area (Å²) in [6.45, 7) is 3.50. The van der Waals surface area contributed by atoms with Crippen LogP contribution in [0.4, 0.5) is 0 Å². The summed E-state index contributed by atoms with van der Waals surface area (Å²) in [5.41, 5.74) is 8.85. The Balaban J connectivity index is 2.01. The van der Waals surface area contributed by atoms with Crippen LogP contribution < -0.4 is 5.73 Å². The Bertz CT molecular complexity index is 534. The van der Waals surface area contributed by atoms with Crippen LogP contribution in [0.2, 0.25) is 0 Å². The van der Waals surface area contributed by atoms with Gasteiger partial charge in [-0.25, -0.2) is 4.98 Å². The maximum Gasteiger partial charge on any atom is 0.113 e. The summed E-state index contributed by atoms with van der Waals surface area (Å²) in [6.07, 6.45) is 1.30. The number of nitrogens with one attached hydrogen (secondary N) is 1. The number of rotatable bonds is 2. The van der Waals surface area contributed by atoms with Gasteiger partial charge in [-0.3, -0.25) is 0 Å². The molecule has 4 heteroatoms. The average molecular weight is 231 g/mol. The van der Waals surface area contributed by atoms with Gasteiger partial charge in [0.15, 0.2) is 0 Å². The predicted octanol–water partition coefficient (Wildman–Crippen LogP) is 1.91. The summed E-state index contributed by atoms with van der Waals surface area (Å²) in [5.74, 6) is 1.43. The van der Waals surface area contributed by atoms with Gasteiger partial charge < -0.3 is 15.5 Å². The Labute approximate surface area is 100 Å². The number of aromatic amines is 1. The molecular formula is C13H17N3O. The normalized spacial score (nSPS) is 24.6. The van der Waals surface area contributed by atoms with Crippen LogP contribution in [0, 0.1) is 0 Å². The topological polar surface area (TPSA) is 63.9 Å². The molecule has 0 saturated carbocycles. The number of ether oxygens (including phenoxy) is 1. The first-order chi connectivity index (χ1) is 8.28. The lowest BCUT2D eigenvalue weighted by Gasteiger charge is -2.09. The third kappa shape index (κ3) is 1.83. The molecular weight excluding hydrogens is 214 g/mol. The molecule has 1 aromatic carbocycles. The van der Waals surface area contributed by atoms with E-state index >= 15 is 0 Å². The van der Waals surface area contributed by atoms with Crippen LogP contribution in [0.5, 0.6) is 0 Å². The Kier molecular flexibility index (Phi) is 2.61. The molecule has 0 bridgehead atoms. The lowest BCUT2D eigenvalue weighted by molar-refractivity contribution is 0.117. The maximum absolute atomic E-state index is 5.64. The molecule has 3 N–H and O–H groups in total. The quantitative estimate of drug-likeness (QED) is 0.829. The van der Waals surface area contributed by atoms with E-state index in [4.69, 9.17) is 10.5 Å². The largest absolute Gasteiger partial charge is 0.378 e. The molecule has 0 amide bonds. The smallest absolute Gasteiger partial charge is 0.113 e. The van der Waals surface area contributed by atoms with Gasteiger partial charge in [-0.2, -0.15) is 0 Å². The Morgan fingerprint density at radius 2 is 2.41 bits per heavy atom. The van der Waals surface area contributed by atoms with Crippen molar-refractivity contribution < 1.29 is 4.74 Å². The zero-order valence-corrected chi connectivity index (χ0v) is 9.94. The fourth-order valence-electron chi connectivity index (χ4n) is 2.47. The van der Waals surface area contributed by atoms with Crippen molar-refractivity contribution in [1.29, 1.82) is 0 Å². The van der Waals surface area contributed by atoms with Crippen LogP contribution in [-0.2, 0) is 11.3 Å². The highest BCUT2D eigenvalue weighted by Gasteiger charge is 2.28. The van der Waals surface area contributed by atoms with Crippen LogP contribution in [-0.4, -0.2) is 22.7 Å². The molecule has 4 nitrogen and oxygen atoms in total. The first kappa shape index (κ1) is 10.7. The number of benzene rings is 1. The van der Waals surface area contributed by atoms with Crippen LogP contribution in [0.25, 0.3) is 11.0 Å². The molecule has 2 unspecified atom stereocenters. The number of aromatic nitrogens is 2. The highest BCUT2D eigenvalue weighted by atomic mass is 16.5. The zero-order valence-electron chi connectivity index (χ0n) is 9.94. The van der Waals surface area contributed by atoms with E-state index in [0.717, 1.165) is 35.4 Å². The van der Waals surface area contributed by atoms with Gasteiger partial charge in [0.05, 0.1) is 17.1 Å². The van der Waals surface area contributed by atoms with Gasteiger partial charge in [0.25, 0.3) is 0 Å². The third-order valence-corrected chi connectivity index (χ3v) is 3.53. The van der Waals surface area contributed by atoms with Crippen molar-refractivity contribution in [3.05, 3.63) is 29.6 Å². The number of imidazole rings is 1.